The van der Waals surface area contributed by atoms with Crippen LogP contribution in [0.1, 0.15) is 38.2 Å². The summed E-state index contributed by atoms with van der Waals surface area (Å²) in [5.41, 5.74) is 8.64. The molecular formula is C26H22N2O3. The topological polar surface area (TPSA) is 64.4 Å². The molecule has 0 amide bonds. The van der Waals surface area contributed by atoms with Crippen LogP contribution in [0.2, 0.25) is 0 Å². The van der Waals surface area contributed by atoms with Gasteiger partial charge < -0.3 is 14.4 Å². The fourth-order valence-corrected chi connectivity index (χ4v) is 4.08. The zero-order valence-electron chi connectivity index (χ0n) is 17.4. The number of benzene rings is 3. The van der Waals surface area contributed by atoms with Crippen molar-refractivity contribution in [2.24, 2.45) is 0 Å². The Morgan fingerprint density at radius 1 is 1.10 bits per heavy atom. The number of allylic oxidation sites excluding steroid dienone is 1. The van der Waals surface area contributed by atoms with Crippen molar-refractivity contribution in [1.29, 1.82) is 0 Å². The van der Waals surface area contributed by atoms with Gasteiger partial charge in [-0.05, 0) is 72.0 Å². The van der Waals surface area contributed by atoms with Gasteiger partial charge in [-0.25, -0.2) is 9.78 Å². The molecule has 0 spiro atoms. The predicted octanol–water partition coefficient (Wildman–Crippen LogP) is 5.38. The van der Waals surface area contributed by atoms with Crippen molar-refractivity contribution < 1.29 is 14.6 Å². The van der Waals surface area contributed by atoms with Crippen LogP contribution in [0.15, 0.2) is 67.0 Å². The number of carboxylic acid groups (broad SMARTS) is 1. The first-order valence-corrected chi connectivity index (χ1v) is 10.2. The lowest BCUT2D eigenvalue weighted by molar-refractivity contribution is 0.0697. The summed E-state index contributed by atoms with van der Waals surface area (Å²) in [4.78, 5) is 16.2. The second-order valence-electron chi connectivity index (χ2n) is 7.90. The number of nitrogens with zero attached hydrogens (tertiary/aromatic N) is 2. The fourth-order valence-electron chi connectivity index (χ4n) is 4.08. The second-order valence-corrected chi connectivity index (χ2v) is 7.90. The number of aromatic carboxylic acids is 1. The Kier molecular flexibility index (Phi) is 4.59. The lowest BCUT2D eigenvalue weighted by atomic mass is 9.93. The van der Waals surface area contributed by atoms with Gasteiger partial charge in [0, 0.05) is 12.1 Å². The quantitative estimate of drug-likeness (QED) is 0.493. The maximum atomic E-state index is 11.6. The number of carboxylic acids is 1. The Hall–Kier alpha value is -3.86. The van der Waals surface area contributed by atoms with Crippen LogP contribution in [0, 0.1) is 13.8 Å². The minimum Gasteiger partial charge on any atom is -0.488 e. The number of hydrogen-bond acceptors (Lipinski definition) is 3. The molecule has 3 aromatic carbocycles. The zero-order chi connectivity index (χ0) is 21.5. The molecule has 0 fully saturated rings. The van der Waals surface area contributed by atoms with E-state index in [1.54, 1.807) is 18.2 Å². The SMILES string of the molecule is Cc1cc2ncn(C/C=C3\c4ccccc4COc4ccc(C(=O)O)cc43)c2cc1C. The highest BCUT2D eigenvalue weighted by Crippen LogP contribution is 2.37. The van der Waals surface area contributed by atoms with Crippen molar-refractivity contribution in [3.63, 3.8) is 0 Å². The number of carbonyl (C=O) groups is 1. The molecule has 154 valence electrons. The molecule has 5 nitrogen and oxygen atoms in total. The Morgan fingerprint density at radius 2 is 1.90 bits per heavy atom. The minimum atomic E-state index is -0.953. The maximum absolute atomic E-state index is 11.6. The summed E-state index contributed by atoms with van der Waals surface area (Å²) in [6, 6.07) is 17.4. The number of rotatable bonds is 3. The van der Waals surface area contributed by atoms with Gasteiger partial charge >= 0.3 is 5.97 Å². The third-order valence-corrected chi connectivity index (χ3v) is 5.94. The molecule has 0 atom stereocenters. The van der Waals surface area contributed by atoms with Gasteiger partial charge in [0.05, 0.1) is 22.9 Å². The van der Waals surface area contributed by atoms with E-state index in [1.807, 2.05) is 24.5 Å². The average molecular weight is 410 g/mol. The molecule has 1 aliphatic rings. The minimum absolute atomic E-state index is 0.242. The van der Waals surface area contributed by atoms with E-state index in [0.717, 1.165) is 33.3 Å². The number of ether oxygens (including phenoxy) is 1. The third kappa shape index (κ3) is 3.38. The summed E-state index contributed by atoms with van der Waals surface area (Å²) in [6.07, 6.45) is 3.99. The first kappa shape index (κ1) is 19.1. The van der Waals surface area contributed by atoms with Crippen LogP contribution in [0.3, 0.4) is 0 Å². The van der Waals surface area contributed by atoms with Crippen molar-refractivity contribution in [2.75, 3.05) is 0 Å². The van der Waals surface area contributed by atoms with Gasteiger partial charge in [-0.2, -0.15) is 0 Å². The highest BCUT2D eigenvalue weighted by molar-refractivity contribution is 5.92. The summed E-state index contributed by atoms with van der Waals surface area (Å²) in [5.74, 6) is -0.263. The Bertz CT molecular complexity index is 1360. The second kappa shape index (κ2) is 7.43. The Balaban J connectivity index is 1.66. The van der Waals surface area contributed by atoms with Crippen LogP contribution in [0.4, 0.5) is 0 Å². The summed E-state index contributed by atoms with van der Waals surface area (Å²) in [7, 11) is 0. The summed E-state index contributed by atoms with van der Waals surface area (Å²) >= 11 is 0. The molecule has 0 bridgehead atoms. The number of fused-ring (bicyclic) bond motifs is 3. The number of imidazole rings is 1. The predicted molar refractivity (Wildman–Crippen MR) is 120 cm³/mol. The largest absolute Gasteiger partial charge is 0.488 e. The van der Waals surface area contributed by atoms with Crippen molar-refractivity contribution in [1.82, 2.24) is 9.55 Å². The van der Waals surface area contributed by atoms with E-state index in [-0.39, 0.29) is 5.56 Å². The van der Waals surface area contributed by atoms with E-state index >= 15 is 0 Å². The van der Waals surface area contributed by atoms with Crippen molar-refractivity contribution in [3.8, 4) is 5.75 Å². The van der Waals surface area contributed by atoms with Crippen LogP contribution >= 0.6 is 0 Å². The van der Waals surface area contributed by atoms with Crippen LogP contribution in [0.5, 0.6) is 5.75 Å². The zero-order valence-corrected chi connectivity index (χ0v) is 17.4. The standard InChI is InChI=1S/C26H22N2O3/c1-16-11-23-24(12-17(16)2)28(15-27-23)10-9-21-20-6-4-3-5-19(20)14-31-25-8-7-18(26(29)30)13-22(21)25/h3-9,11-13,15H,10,14H2,1-2H3,(H,29,30)/b21-9+. The van der Waals surface area contributed by atoms with Crippen LogP contribution in [-0.2, 0) is 13.2 Å². The Morgan fingerprint density at radius 3 is 2.74 bits per heavy atom. The van der Waals surface area contributed by atoms with Gasteiger partial charge in [0.25, 0.3) is 0 Å². The lowest BCUT2D eigenvalue weighted by Gasteiger charge is -2.12. The molecule has 1 aromatic heterocycles. The van der Waals surface area contributed by atoms with Gasteiger partial charge in [-0.1, -0.05) is 30.3 Å². The molecule has 0 saturated carbocycles. The van der Waals surface area contributed by atoms with E-state index in [2.05, 4.69) is 47.7 Å². The van der Waals surface area contributed by atoms with E-state index in [1.165, 1.54) is 11.1 Å². The van der Waals surface area contributed by atoms with E-state index in [4.69, 9.17) is 4.74 Å². The lowest BCUT2D eigenvalue weighted by Crippen LogP contribution is -2.00. The molecule has 5 rings (SSSR count). The van der Waals surface area contributed by atoms with Gasteiger partial charge in [0.15, 0.2) is 0 Å². The number of hydrogen-bond donors (Lipinski definition) is 1. The number of aryl methyl sites for hydroxylation is 2. The normalized spacial score (nSPS) is 14.1. The summed E-state index contributed by atoms with van der Waals surface area (Å²) in [5, 5.41) is 9.51. The molecule has 31 heavy (non-hydrogen) atoms. The van der Waals surface area contributed by atoms with E-state index in [0.29, 0.717) is 18.9 Å². The van der Waals surface area contributed by atoms with Crippen LogP contribution in [-0.4, -0.2) is 20.6 Å². The van der Waals surface area contributed by atoms with Crippen LogP contribution < -0.4 is 4.74 Å². The highest BCUT2D eigenvalue weighted by atomic mass is 16.5. The molecule has 0 unspecified atom stereocenters. The van der Waals surface area contributed by atoms with Crippen LogP contribution in [0.25, 0.3) is 16.6 Å². The van der Waals surface area contributed by atoms with Gasteiger partial charge in [0.1, 0.15) is 12.4 Å². The first-order chi connectivity index (χ1) is 15.0. The Labute approximate surface area is 180 Å². The molecule has 1 N–H and O–H groups in total. The fraction of sp³-hybridized carbons (Fsp3) is 0.154. The van der Waals surface area contributed by atoms with Gasteiger partial charge in [0.2, 0.25) is 0 Å². The van der Waals surface area contributed by atoms with Crippen molar-refractivity contribution in [2.45, 2.75) is 27.0 Å². The molecule has 0 saturated heterocycles. The summed E-state index contributed by atoms with van der Waals surface area (Å²) in [6.45, 7) is 5.25. The molecule has 2 heterocycles. The third-order valence-electron chi connectivity index (χ3n) is 5.94. The maximum Gasteiger partial charge on any atom is 0.335 e. The van der Waals surface area contributed by atoms with Crippen molar-refractivity contribution in [3.05, 3.63) is 100 Å². The molecule has 4 aromatic rings. The monoisotopic (exact) mass is 410 g/mol. The van der Waals surface area contributed by atoms with Gasteiger partial charge in [-0.3, -0.25) is 0 Å². The molecular weight excluding hydrogens is 388 g/mol. The molecule has 5 heteroatoms. The van der Waals surface area contributed by atoms with Gasteiger partial charge in [-0.15, -0.1) is 0 Å². The molecule has 0 aliphatic carbocycles. The molecule has 1 aliphatic heterocycles. The first-order valence-electron chi connectivity index (χ1n) is 10.2. The number of aromatic nitrogens is 2. The molecule has 0 radical (unpaired) electrons. The smallest absolute Gasteiger partial charge is 0.335 e. The summed E-state index contributed by atoms with van der Waals surface area (Å²) < 4.78 is 8.14. The van der Waals surface area contributed by atoms with E-state index in [9.17, 15) is 9.90 Å². The van der Waals surface area contributed by atoms with Crippen molar-refractivity contribution >= 4 is 22.6 Å². The average Bonchev–Trinajstić information content (AvgIpc) is 3.07. The highest BCUT2D eigenvalue weighted by Gasteiger charge is 2.20. The van der Waals surface area contributed by atoms with E-state index < -0.39 is 5.97 Å².